The van der Waals surface area contributed by atoms with Crippen LogP contribution in [0.15, 0.2) is 47.6 Å². The van der Waals surface area contributed by atoms with E-state index in [4.69, 9.17) is 28.4 Å². The Kier molecular flexibility index (Phi) is 24.4. The molecule has 0 aromatic heterocycles. The largest absolute Gasteiger partial charge is 0.460 e. The molecule has 15 heteroatoms. The first-order valence-electron chi connectivity index (χ1n) is 28.0. The highest BCUT2D eigenvalue weighted by molar-refractivity contribution is 6.39. The summed E-state index contributed by atoms with van der Waals surface area (Å²) in [5, 5.41) is 23.6. The minimum absolute atomic E-state index is 0.0222. The Hall–Kier alpha value is -3.41. The first-order chi connectivity index (χ1) is 35.2. The molecular weight excluding hydrogens is 945 g/mol. The predicted octanol–water partition coefficient (Wildman–Crippen LogP) is 7.94. The quantitative estimate of drug-likeness (QED) is 0.122. The second kappa shape index (κ2) is 29.4. The van der Waals surface area contributed by atoms with E-state index < -0.39 is 77.8 Å². The number of rotatable bonds is 10. The molecule has 0 spiro atoms. The van der Waals surface area contributed by atoms with Gasteiger partial charge in [0.05, 0.1) is 24.4 Å². The number of ketones is 3. The van der Waals surface area contributed by atoms with Gasteiger partial charge in [-0.15, -0.1) is 0 Å². The number of hydrogen-bond acceptors (Lipinski definition) is 14. The number of allylic oxidation sites excluding steroid dienone is 6. The molecule has 3 saturated heterocycles. The summed E-state index contributed by atoms with van der Waals surface area (Å²) in [5.41, 5.74) is 1.29. The van der Waals surface area contributed by atoms with Crippen LogP contribution in [0, 0.1) is 41.4 Å². The molecule has 5 rings (SSSR count). The molecule has 74 heavy (non-hydrogen) atoms. The lowest BCUT2D eigenvalue weighted by molar-refractivity contribution is -0.265. The van der Waals surface area contributed by atoms with E-state index in [1.807, 2.05) is 58.1 Å². The van der Waals surface area contributed by atoms with Gasteiger partial charge in [0.1, 0.15) is 30.1 Å². The molecule has 0 radical (unpaired) electrons. The molecule has 4 aliphatic heterocycles. The number of cyclic esters (lactones) is 1. The lowest BCUT2D eigenvalue weighted by atomic mass is 9.78. The van der Waals surface area contributed by atoms with Gasteiger partial charge in [0, 0.05) is 65.1 Å². The monoisotopic (exact) mass is 1040 g/mol. The number of amides is 1. The highest BCUT2D eigenvalue weighted by atomic mass is 16.6. The Labute approximate surface area is 443 Å². The zero-order valence-electron chi connectivity index (χ0n) is 46.8. The van der Waals surface area contributed by atoms with Gasteiger partial charge in [-0.1, -0.05) is 71.1 Å². The molecule has 1 amide bonds. The van der Waals surface area contributed by atoms with E-state index in [0.717, 1.165) is 44.3 Å². The van der Waals surface area contributed by atoms with E-state index in [1.54, 1.807) is 41.1 Å². The zero-order valence-corrected chi connectivity index (χ0v) is 46.8. The Morgan fingerprint density at radius 3 is 2.22 bits per heavy atom. The van der Waals surface area contributed by atoms with Crippen LogP contribution in [-0.2, 0) is 52.4 Å². The van der Waals surface area contributed by atoms with Crippen molar-refractivity contribution in [3.05, 3.63) is 47.6 Å². The number of aliphatic hydroxyl groups excluding tert-OH is 1. The van der Waals surface area contributed by atoms with E-state index in [1.165, 1.54) is 24.9 Å². The van der Waals surface area contributed by atoms with Crippen molar-refractivity contribution in [2.75, 3.05) is 54.6 Å². The lowest BCUT2D eigenvalue weighted by Crippen LogP contribution is -2.61. The fraction of sp³-hybridized carbons (Fsp3) is 0.780. The smallest absolute Gasteiger partial charge is 0.329 e. The molecule has 1 saturated carbocycles. The summed E-state index contributed by atoms with van der Waals surface area (Å²) in [6.45, 7) is 15.9. The second-order valence-corrected chi connectivity index (χ2v) is 23.0. The highest BCUT2D eigenvalue weighted by Crippen LogP contribution is 2.38. The third kappa shape index (κ3) is 16.8. The number of esters is 1. The molecule has 0 aromatic rings. The maximum atomic E-state index is 14.6. The fourth-order valence-electron chi connectivity index (χ4n) is 12.0. The van der Waals surface area contributed by atoms with Crippen molar-refractivity contribution in [2.45, 2.75) is 199 Å². The molecular formula is C59H94N2O13. The molecule has 15 atom stereocenters. The van der Waals surface area contributed by atoms with Crippen LogP contribution in [-0.4, -0.2) is 158 Å². The number of nitrogens with zero attached hydrogens (tertiary/aromatic N) is 2. The summed E-state index contributed by atoms with van der Waals surface area (Å²) in [6, 6.07) is -1.13. The van der Waals surface area contributed by atoms with Gasteiger partial charge in [-0.2, -0.15) is 0 Å². The van der Waals surface area contributed by atoms with Gasteiger partial charge >= 0.3 is 5.97 Å². The van der Waals surface area contributed by atoms with Crippen LogP contribution in [0.3, 0.4) is 0 Å². The summed E-state index contributed by atoms with van der Waals surface area (Å²) >= 11 is 0. The number of piperidine rings is 2. The fourth-order valence-corrected chi connectivity index (χ4v) is 12.0. The number of methoxy groups -OCH3 is 3. The number of carbonyl (C=O) groups excluding carboxylic acids is 5. The lowest BCUT2D eigenvalue weighted by Gasteiger charge is -2.42. The summed E-state index contributed by atoms with van der Waals surface area (Å²) < 4.78 is 36.6. The van der Waals surface area contributed by atoms with E-state index in [9.17, 15) is 34.2 Å². The number of carbonyl (C=O) groups is 5. The Bertz CT molecular complexity index is 1980. The number of fused-ring (bicyclic) bond motifs is 3. The maximum Gasteiger partial charge on any atom is 0.329 e. The molecule has 2 N–H and O–H groups in total. The summed E-state index contributed by atoms with van der Waals surface area (Å²) in [5.74, 6) is -7.05. The second-order valence-electron chi connectivity index (χ2n) is 23.0. The number of ether oxygens (including phenoxy) is 6. The predicted molar refractivity (Wildman–Crippen MR) is 284 cm³/mol. The third-order valence-electron chi connectivity index (χ3n) is 17.1. The molecule has 4 fully saturated rings. The van der Waals surface area contributed by atoms with Gasteiger partial charge in [-0.25, -0.2) is 4.79 Å². The van der Waals surface area contributed by atoms with E-state index in [2.05, 4.69) is 11.9 Å². The van der Waals surface area contributed by atoms with Crippen molar-refractivity contribution in [3.8, 4) is 0 Å². The molecule has 15 nitrogen and oxygen atoms in total. The standard InChI is InChI=1S/C59H94N2O13/c1-37-17-13-12-14-18-38(2)50(69-9)35-46-22-20-43(7)59(68,74-46)56(65)57(66)61-27-16-15-19-47(61)58(67)73-51(36-48(62)39(3)32-42(6)54(64)55(71-11)53(63)41(5)31-37)40(4)33-45-21-23-49(52(34-45)70-10)72-30-26-44-24-28-60(8)29-25-44/h12-14,17-18,32,37,39-41,43-47,49-52,54-55,64,68H,15-16,19-31,33-36H2,1-11H3/b14-12+,17-13+,38-18+,42-32+/t37-,39-,40-,41-,43-,45+,46+,47+,49-,50+,51+,52-,54-,55+,59-/m1/s1. The van der Waals surface area contributed by atoms with E-state index in [-0.39, 0.29) is 60.9 Å². The molecule has 2 bridgehead atoms. The van der Waals surface area contributed by atoms with Crippen LogP contribution in [0.1, 0.15) is 145 Å². The van der Waals surface area contributed by atoms with Crippen molar-refractivity contribution in [1.82, 2.24) is 9.80 Å². The summed E-state index contributed by atoms with van der Waals surface area (Å²) in [4.78, 5) is 75.1. The van der Waals surface area contributed by atoms with Gasteiger partial charge in [0.2, 0.25) is 5.79 Å². The number of aliphatic hydroxyl groups is 2. The molecule has 0 aromatic carbocycles. The third-order valence-corrected chi connectivity index (χ3v) is 17.1. The van der Waals surface area contributed by atoms with Crippen LogP contribution in [0.5, 0.6) is 0 Å². The number of likely N-dealkylation sites (tertiary alicyclic amines) is 1. The van der Waals surface area contributed by atoms with Crippen molar-refractivity contribution in [3.63, 3.8) is 0 Å². The van der Waals surface area contributed by atoms with Crippen molar-refractivity contribution < 1.29 is 62.6 Å². The van der Waals surface area contributed by atoms with E-state index in [0.29, 0.717) is 63.0 Å². The Morgan fingerprint density at radius 1 is 0.797 bits per heavy atom. The van der Waals surface area contributed by atoms with Crippen LogP contribution in [0.4, 0.5) is 0 Å². The van der Waals surface area contributed by atoms with Crippen molar-refractivity contribution in [1.29, 1.82) is 0 Å². The van der Waals surface area contributed by atoms with Gasteiger partial charge in [-0.3, -0.25) is 19.2 Å². The van der Waals surface area contributed by atoms with Crippen LogP contribution < -0.4 is 0 Å². The molecule has 5 aliphatic rings. The zero-order chi connectivity index (χ0) is 54.3. The molecule has 0 unspecified atom stereocenters. The maximum absolute atomic E-state index is 14.6. The van der Waals surface area contributed by atoms with Crippen molar-refractivity contribution >= 4 is 29.2 Å². The summed E-state index contributed by atoms with van der Waals surface area (Å²) in [6.07, 6.45) is 16.3. The summed E-state index contributed by atoms with van der Waals surface area (Å²) in [7, 11) is 6.88. The SMILES string of the molecule is CO[C@H]1C[C@@H]2CC[C@@H](C)[C@@](O)(O2)C(=O)C(=O)N2CCCC[C@H]2C(=O)O[C@H]([C@H](C)C[C@@H]2CC[C@@H](OCCC3CCN(C)CC3)[C@H](OC)C2)CC(=O)[C@H](C)/C=C(\C)[C@@H](O)[C@@H](OC)C(=O)[C@H](C)C[C@H](C)/C=C/C=C/C=C/1C. The first kappa shape index (κ1) is 61.4. The Balaban J connectivity index is 1.41. The van der Waals surface area contributed by atoms with Gasteiger partial charge in [0.15, 0.2) is 5.78 Å². The average Bonchev–Trinajstić information content (AvgIpc) is 3.38. The molecule has 1 aliphatic carbocycles. The van der Waals surface area contributed by atoms with Crippen molar-refractivity contribution in [2.24, 2.45) is 41.4 Å². The number of Topliss-reactive ketones (excluding diaryl/α,β-unsaturated/α-hetero) is 3. The normalized spacial score (nSPS) is 38.7. The topological polar surface area (TPSA) is 188 Å². The minimum atomic E-state index is -2.42. The average molecular weight is 1040 g/mol. The highest BCUT2D eigenvalue weighted by Gasteiger charge is 2.53. The van der Waals surface area contributed by atoms with Gasteiger partial charge in [-0.05, 0) is 152 Å². The van der Waals surface area contributed by atoms with Crippen LogP contribution in [0.25, 0.3) is 0 Å². The van der Waals surface area contributed by atoms with Crippen LogP contribution >= 0.6 is 0 Å². The minimum Gasteiger partial charge on any atom is -0.460 e. The van der Waals surface area contributed by atoms with Crippen LogP contribution in [0.2, 0.25) is 0 Å². The van der Waals surface area contributed by atoms with E-state index >= 15 is 0 Å². The van der Waals surface area contributed by atoms with Gasteiger partial charge in [0.25, 0.3) is 11.7 Å². The Morgan fingerprint density at radius 2 is 1.53 bits per heavy atom. The number of hydrogen-bond donors (Lipinski definition) is 2. The van der Waals surface area contributed by atoms with Gasteiger partial charge < -0.3 is 48.4 Å². The molecule has 418 valence electrons. The first-order valence-corrected chi connectivity index (χ1v) is 28.0. The molecule has 4 heterocycles.